The Kier molecular flexibility index (Phi) is 15.6. The van der Waals surface area contributed by atoms with Crippen LogP contribution in [0.2, 0.25) is 0 Å². The van der Waals surface area contributed by atoms with Gasteiger partial charge in [0.2, 0.25) is 17.7 Å². The van der Waals surface area contributed by atoms with E-state index in [0.29, 0.717) is 31.2 Å². The van der Waals surface area contributed by atoms with Gasteiger partial charge in [-0.3, -0.25) is 19.2 Å². The molecule has 0 unspecified atom stereocenters. The van der Waals surface area contributed by atoms with Crippen LogP contribution in [0.25, 0.3) is 0 Å². The molecule has 2 rings (SSSR count). The maximum Gasteiger partial charge on any atom is 0.326 e. The highest BCUT2D eigenvalue weighted by atomic mass is 16.4. The number of rotatable bonds is 16. The Balaban J connectivity index is 1.87. The molecule has 11 heteroatoms. The van der Waals surface area contributed by atoms with E-state index in [-0.39, 0.29) is 18.9 Å². The number of carboxylic acid groups (broad SMARTS) is 2. The van der Waals surface area contributed by atoms with E-state index in [1.807, 2.05) is 0 Å². The van der Waals surface area contributed by atoms with E-state index >= 15 is 0 Å². The molecule has 2 aliphatic rings. The van der Waals surface area contributed by atoms with E-state index in [4.69, 9.17) is 0 Å². The van der Waals surface area contributed by atoms with Crippen LogP contribution in [0.4, 0.5) is 0 Å². The standard InChI is InChI=1S/C29H50N4O7/c1-2-33(26(35)12-8-11-22-15-17-30-18-16-22)20-25(34)31-24(19-27(36)37)28(38)32-23(29(39)40)14-13-21-9-6-4-3-5-7-10-21/h21-24,30H,2-20H2,1H3,(H,31,34)(H,32,38)(H,36,37)(H,39,40)/t23-,24-/m0/s1. The summed E-state index contributed by atoms with van der Waals surface area (Å²) in [6.07, 6.45) is 12.4. The number of nitrogens with one attached hydrogen (secondary N) is 3. The minimum absolute atomic E-state index is 0.161. The second kappa shape index (κ2) is 18.6. The summed E-state index contributed by atoms with van der Waals surface area (Å²) >= 11 is 0. The first-order valence-corrected chi connectivity index (χ1v) is 15.2. The second-order valence-corrected chi connectivity index (χ2v) is 11.4. The van der Waals surface area contributed by atoms with E-state index in [9.17, 15) is 34.2 Å². The Morgan fingerprint density at radius 2 is 1.48 bits per heavy atom. The van der Waals surface area contributed by atoms with Crippen molar-refractivity contribution in [2.75, 3.05) is 26.2 Å². The van der Waals surface area contributed by atoms with Gasteiger partial charge in [0.05, 0.1) is 13.0 Å². The molecule has 1 saturated heterocycles. The summed E-state index contributed by atoms with van der Waals surface area (Å²) in [6, 6.07) is -2.61. The van der Waals surface area contributed by atoms with Crippen LogP contribution < -0.4 is 16.0 Å². The van der Waals surface area contributed by atoms with E-state index in [1.165, 1.54) is 24.2 Å². The Morgan fingerprint density at radius 1 is 0.850 bits per heavy atom. The largest absolute Gasteiger partial charge is 0.481 e. The molecule has 0 aromatic carbocycles. The Hall–Kier alpha value is -2.69. The molecule has 0 spiro atoms. The smallest absolute Gasteiger partial charge is 0.326 e. The summed E-state index contributed by atoms with van der Waals surface area (Å²) in [5.74, 6) is -3.14. The monoisotopic (exact) mass is 566 g/mol. The third-order valence-electron chi connectivity index (χ3n) is 8.26. The van der Waals surface area contributed by atoms with Gasteiger partial charge in [0.15, 0.2) is 0 Å². The second-order valence-electron chi connectivity index (χ2n) is 11.4. The van der Waals surface area contributed by atoms with Crippen molar-refractivity contribution in [3.8, 4) is 0 Å². The summed E-state index contributed by atoms with van der Waals surface area (Å²) in [5, 5.41) is 27.2. The van der Waals surface area contributed by atoms with E-state index in [2.05, 4.69) is 16.0 Å². The van der Waals surface area contributed by atoms with Gasteiger partial charge < -0.3 is 31.1 Å². The average Bonchev–Trinajstić information content (AvgIpc) is 2.90. The number of likely N-dealkylation sites (N-methyl/N-ethyl adjacent to an activating group) is 1. The van der Waals surface area contributed by atoms with Gasteiger partial charge in [-0.15, -0.1) is 0 Å². The SMILES string of the molecule is CCN(CC(=O)N[C@@H](CC(=O)O)C(=O)N[C@@H](CCC1CCCCCCC1)C(=O)O)C(=O)CCCC1CCNCC1. The zero-order chi connectivity index (χ0) is 29.3. The number of hydrogen-bond acceptors (Lipinski definition) is 6. The van der Waals surface area contributed by atoms with Gasteiger partial charge in [-0.2, -0.15) is 0 Å². The number of amides is 3. The predicted octanol–water partition coefficient (Wildman–Crippen LogP) is 2.67. The van der Waals surface area contributed by atoms with Gasteiger partial charge in [-0.05, 0) is 70.4 Å². The van der Waals surface area contributed by atoms with Crippen LogP contribution in [0, 0.1) is 11.8 Å². The normalized spacial score (nSPS) is 18.5. The highest BCUT2D eigenvalue weighted by Crippen LogP contribution is 2.26. The fourth-order valence-corrected chi connectivity index (χ4v) is 5.81. The fraction of sp³-hybridized carbons (Fsp3) is 0.828. The molecule has 0 radical (unpaired) electrons. The van der Waals surface area contributed by atoms with Gasteiger partial charge in [-0.25, -0.2) is 4.79 Å². The zero-order valence-corrected chi connectivity index (χ0v) is 24.1. The van der Waals surface area contributed by atoms with Gasteiger partial charge in [-0.1, -0.05) is 44.9 Å². The predicted molar refractivity (Wildman–Crippen MR) is 150 cm³/mol. The van der Waals surface area contributed by atoms with Crippen molar-refractivity contribution >= 4 is 29.7 Å². The number of carboxylic acids is 2. The zero-order valence-electron chi connectivity index (χ0n) is 24.1. The van der Waals surface area contributed by atoms with Crippen LogP contribution >= 0.6 is 0 Å². The van der Waals surface area contributed by atoms with Crippen LogP contribution in [-0.4, -0.2) is 83.0 Å². The lowest BCUT2D eigenvalue weighted by molar-refractivity contribution is -0.144. The summed E-state index contributed by atoms with van der Waals surface area (Å²) < 4.78 is 0. The Bertz CT molecular complexity index is 823. The van der Waals surface area contributed by atoms with Crippen LogP contribution in [0.15, 0.2) is 0 Å². The van der Waals surface area contributed by atoms with Gasteiger partial charge in [0.1, 0.15) is 12.1 Å². The van der Waals surface area contributed by atoms with Crippen LogP contribution in [0.1, 0.15) is 103 Å². The molecule has 1 aliphatic heterocycles. The third kappa shape index (κ3) is 13.1. The lowest BCUT2D eigenvalue weighted by atomic mass is 9.87. The number of carbonyl (C=O) groups excluding carboxylic acids is 3. The summed E-state index contributed by atoms with van der Waals surface area (Å²) in [5.41, 5.74) is 0. The van der Waals surface area contributed by atoms with Crippen molar-refractivity contribution in [2.45, 2.75) is 115 Å². The van der Waals surface area contributed by atoms with Crippen molar-refractivity contribution < 1.29 is 34.2 Å². The number of nitrogens with zero attached hydrogens (tertiary/aromatic N) is 1. The molecular weight excluding hydrogens is 516 g/mol. The van der Waals surface area contributed by atoms with Crippen LogP contribution in [0.3, 0.4) is 0 Å². The molecule has 0 aromatic heterocycles. The van der Waals surface area contributed by atoms with Crippen molar-refractivity contribution in [1.29, 1.82) is 0 Å². The molecule has 228 valence electrons. The Morgan fingerprint density at radius 3 is 2.08 bits per heavy atom. The number of aliphatic carboxylic acids is 2. The minimum atomic E-state index is -1.44. The minimum Gasteiger partial charge on any atom is -0.481 e. The molecular formula is C29H50N4O7. The van der Waals surface area contributed by atoms with E-state index in [1.54, 1.807) is 6.92 Å². The molecule has 2 fully saturated rings. The number of piperidine rings is 1. The van der Waals surface area contributed by atoms with Gasteiger partial charge in [0, 0.05) is 13.0 Å². The lowest BCUT2D eigenvalue weighted by Crippen LogP contribution is -2.54. The molecule has 0 aromatic rings. The maximum absolute atomic E-state index is 12.9. The van der Waals surface area contributed by atoms with Crippen LogP contribution in [0.5, 0.6) is 0 Å². The maximum atomic E-state index is 12.9. The third-order valence-corrected chi connectivity index (χ3v) is 8.26. The fourth-order valence-electron chi connectivity index (χ4n) is 5.81. The average molecular weight is 567 g/mol. The van der Waals surface area contributed by atoms with Crippen molar-refractivity contribution in [2.24, 2.45) is 11.8 Å². The highest BCUT2D eigenvalue weighted by Gasteiger charge is 2.29. The summed E-state index contributed by atoms with van der Waals surface area (Å²) in [6.45, 7) is 3.76. The van der Waals surface area contributed by atoms with E-state index < -0.39 is 42.3 Å². The molecule has 1 heterocycles. The molecule has 1 saturated carbocycles. The van der Waals surface area contributed by atoms with Crippen LogP contribution in [-0.2, 0) is 24.0 Å². The van der Waals surface area contributed by atoms with Gasteiger partial charge in [0.25, 0.3) is 0 Å². The molecule has 1 aliphatic carbocycles. The van der Waals surface area contributed by atoms with Crippen molar-refractivity contribution in [3.05, 3.63) is 0 Å². The topological polar surface area (TPSA) is 165 Å². The molecule has 3 amide bonds. The van der Waals surface area contributed by atoms with Crippen molar-refractivity contribution in [1.82, 2.24) is 20.9 Å². The molecule has 11 nitrogen and oxygen atoms in total. The first-order valence-electron chi connectivity index (χ1n) is 15.2. The van der Waals surface area contributed by atoms with E-state index in [0.717, 1.165) is 64.5 Å². The lowest BCUT2D eigenvalue weighted by Gasteiger charge is -2.25. The first-order chi connectivity index (χ1) is 19.2. The van der Waals surface area contributed by atoms with Crippen molar-refractivity contribution in [3.63, 3.8) is 0 Å². The number of hydrogen-bond donors (Lipinski definition) is 5. The summed E-state index contributed by atoms with van der Waals surface area (Å²) in [7, 11) is 0. The first kappa shape index (κ1) is 33.5. The molecule has 2 atom stereocenters. The summed E-state index contributed by atoms with van der Waals surface area (Å²) in [4.78, 5) is 63.1. The van der Waals surface area contributed by atoms with Gasteiger partial charge >= 0.3 is 11.9 Å². The molecule has 0 bridgehead atoms. The Labute approximate surface area is 238 Å². The highest BCUT2D eigenvalue weighted by molar-refractivity contribution is 5.94. The quantitative estimate of drug-likeness (QED) is 0.190. The molecule has 40 heavy (non-hydrogen) atoms. The molecule has 5 N–H and O–H groups in total. The number of carbonyl (C=O) groups is 5.